The Labute approximate surface area is 143 Å². The normalized spacial score (nSPS) is 21.0. The van der Waals surface area contributed by atoms with Gasteiger partial charge in [0, 0.05) is 25.3 Å². The average molecular weight is 348 g/mol. The number of hydrogen-bond acceptors (Lipinski definition) is 4. The standard InChI is InChI=1S/C15H25N3O2S.ClH/c1-2-3-4-14(19)18-11-21-10-13(18)15(20)17-9-12-5-7-16-8-6-12;/h5,13,16H,2-4,6-11H2,1H3,(H,17,20);1H. The van der Waals surface area contributed by atoms with Gasteiger partial charge < -0.3 is 15.5 Å². The van der Waals surface area contributed by atoms with Crippen LogP contribution in [0, 0.1) is 0 Å². The molecule has 2 heterocycles. The Morgan fingerprint density at radius 1 is 1.50 bits per heavy atom. The van der Waals surface area contributed by atoms with Crippen LogP contribution in [0.4, 0.5) is 0 Å². The van der Waals surface area contributed by atoms with Crippen molar-refractivity contribution in [3.8, 4) is 0 Å². The fourth-order valence-electron chi connectivity index (χ4n) is 2.53. The molecule has 0 radical (unpaired) electrons. The number of unbranched alkanes of at least 4 members (excludes halogenated alkanes) is 1. The first kappa shape index (κ1) is 19.3. The third kappa shape index (κ3) is 5.48. The molecule has 2 rings (SSSR count). The Balaban J connectivity index is 0.00000242. The highest BCUT2D eigenvalue weighted by Gasteiger charge is 2.33. The molecule has 1 unspecified atom stereocenters. The first-order chi connectivity index (χ1) is 10.2. The highest BCUT2D eigenvalue weighted by molar-refractivity contribution is 7.99. The van der Waals surface area contributed by atoms with Crippen LogP contribution >= 0.6 is 24.2 Å². The molecule has 0 aliphatic carbocycles. The number of nitrogens with zero attached hydrogens (tertiary/aromatic N) is 1. The van der Waals surface area contributed by atoms with Gasteiger partial charge in [0.05, 0.1) is 5.88 Å². The van der Waals surface area contributed by atoms with E-state index in [1.54, 1.807) is 16.7 Å². The Bertz CT molecular complexity index is 418. The number of hydrogen-bond donors (Lipinski definition) is 2. The average Bonchev–Trinajstić information content (AvgIpc) is 3.01. The van der Waals surface area contributed by atoms with E-state index in [0.29, 0.717) is 24.6 Å². The molecule has 2 amide bonds. The van der Waals surface area contributed by atoms with Crippen molar-refractivity contribution in [1.29, 1.82) is 0 Å². The maximum Gasteiger partial charge on any atom is 0.243 e. The molecule has 0 bridgehead atoms. The van der Waals surface area contributed by atoms with Gasteiger partial charge in [0.25, 0.3) is 0 Å². The summed E-state index contributed by atoms with van der Waals surface area (Å²) in [7, 11) is 0. The Kier molecular flexibility index (Phi) is 8.90. The van der Waals surface area contributed by atoms with Crippen molar-refractivity contribution in [2.45, 2.75) is 38.6 Å². The molecule has 5 nitrogen and oxygen atoms in total. The van der Waals surface area contributed by atoms with Crippen molar-refractivity contribution >= 4 is 36.0 Å². The van der Waals surface area contributed by atoms with Gasteiger partial charge in [-0.2, -0.15) is 0 Å². The third-order valence-electron chi connectivity index (χ3n) is 3.90. The maximum absolute atomic E-state index is 12.3. The lowest BCUT2D eigenvalue weighted by Crippen LogP contribution is -2.47. The van der Waals surface area contributed by atoms with Crippen molar-refractivity contribution < 1.29 is 9.59 Å². The van der Waals surface area contributed by atoms with Crippen LogP contribution in [0.5, 0.6) is 0 Å². The van der Waals surface area contributed by atoms with Crippen LogP contribution in [0.15, 0.2) is 11.6 Å². The quantitative estimate of drug-likeness (QED) is 0.715. The van der Waals surface area contributed by atoms with Crippen LogP contribution in [-0.2, 0) is 9.59 Å². The van der Waals surface area contributed by atoms with Gasteiger partial charge >= 0.3 is 0 Å². The van der Waals surface area contributed by atoms with Gasteiger partial charge in [-0.25, -0.2) is 0 Å². The summed E-state index contributed by atoms with van der Waals surface area (Å²) >= 11 is 1.66. The molecule has 0 saturated carbocycles. The number of amides is 2. The molecule has 0 aromatic carbocycles. The van der Waals surface area contributed by atoms with Crippen LogP contribution in [0.2, 0.25) is 0 Å². The molecule has 7 heteroatoms. The Morgan fingerprint density at radius 3 is 3.00 bits per heavy atom. The van der Waals surface area contributed by atoms with E-state index in [0.717, 1.165) is 32.4 Å². The molecule has 2 N–H and O–H groups in total. The predicted molar refractivity (Wildman–Crippen MR) is 93.3 cm³/mol. The summed E-state index contributed by atoms with van der Waals surface area (Å²) in [6, 6.07) is -0.290. The molecule has 1 saturated heterocycles. The number of halogens is 1. The molecule has 22 heavy (non-hydrogen) atoms. The summed E-state index contributed by atoms with van der Waals surface area (Å²) < 4.78 is 0. The van der Waals surface area contributed by atoms with Gasteiger partial charge in [-0.05, 0) is 19.4 Å². The summed E-state index contributed by atoms with van der Waals surface area (Å²) in [6.07, 6.45) is 5.58. The maximum atomic E-state index is 12.3. The minimum absolute atomic E-state index is 0. The number of carbonyl (C=O) groups is 2. The van der Waals surface area contributed by atoms with Gasteiger partial charge in [-0.15, -0.1) is 24.2 Å². The van der Waals surface area contributed by atoms with Crippen molar-refractivity contribution in [3.63, 3.8) is 0 Å². The number of thioether (sulfide) groups is 1. The van der Waals surface area contributed by atoms with E-state index >= 15 is 0 Å². The van der Waals surface area contributed by atoms with Crippen LogP contribution in [0.3, 0.4) is 0 Å². The summed E-state index contributed by atoms with van der Waals surface area (Å²) in [5.41, 5.74) is 1.27. The first-order valence-corrected chi connectivity index (χ1v) is 8.91. The minimum atomic E-state index is -0.290. The summed E-state index contributed by atoms with van der Waals surface area (Å²) in [5.74, 6) is 1.46. The minimum Gasteiger partial charge on any atom is -0.351 e. The van der Waals surface area contributed by atoms with Crippen molar-refractivity contribution in [2.75, 3.05) is 31.3 Å². The molecule has 0 aromatic heterocycles. The van der Waals surface area contributed by atoms with E-state index in [9.17, 15) is 9.59 Å². The van der Waals surface area contributed by atoms with Gasteiger partial charge in [0.2, 0.25) is 11.8 Å². The van der Waals surface area contributed by atoms with Crippen molar-refractivity contribution in [3.05, 3.63) is 11.6 Å². The van der Waals surface area contributed by atoms with Crippen LogP contribution < -0.4 is 10.6 Å². The summed E-state index contributed by atoms with van der Waals surface area (Å²) in [6.45, 7) is 4.54. The molecule has 1 atom stereocenters. The van der Waals surface area contributed by atoms with Crippen LogP contribution in [0.25, 0.3) is 0 Å². The molecular formula is C15H26ClN3O2S. The smallest absolute Gasteiger partial charge is 0.243 e. The molecule has 2 aliphatic heterocycles. The lowest BCUT2D eigenvalue weighted by atomic mass is 10.1. The highest BCUT2D eigenvalue weighted by Crippen LogP contribution is 2.22. The zero-order chi connectivity index (χ0) is 15.1. The van der Waals surface area contributed by atoms with Crippen LogP contribution in [0.1, 0.15) is 32.6 Å². The fraction of sp³-hybridized carbons (Fsp3) is 0.733. The number of carbonyl (C=O) groups excluding carboxylic acids is 2. The molecular weight excluding hydrogens is 322 g/mol. The monoisotopic (exact) mass is 347 g/mol. The SMILES string of the molecule is CCCCC(=O)N1CSCC1C(=O)NCC1=CCNCC1.Cl. The zero-order valence-corrected chi connectivity index (χ0v) is 14.7. The summed E-state index contributed by atoms with van der Waals surface area (Å²) in [5, 5.41) is 6.25. The van der Waals surface area contributed by atoms with E-state index in [-0.39, 0.29) is 30.3 Å². The second-order valence-electron chi connectivity index (χ2n) is 5.52. The van der Waals surface area contributed by atoms with E-state index in [4.69, 9.17) is 0 Å². The van der Waals surface area contributed by atoms with Gasteiger partial charge in [0.1, 0.15) is 6.04 Å². The van der Waals surface area contributed by atoms with Gasteiger partial charge in [-0.3, -0.25) is 9.59 Å². The second kappa shape index (κ2) is 10.1. The topological polar surface area (TPSA) is 61.4 Å². The van der Waals surface area contributed by atoms with Crippen LogP contribution in [-0.4, -0.2) is 54.0 Å². The lowest BCUT2D eigenvalue weighted by Gasteiger charge is -2.23. The highest BCUT2D eigenvalue weighted by atomic mass is 35.5. The third-order valence-corrected chi connectivity index (χ3v) is 4.91. The molecule has 1 fully saturated rings. The van der Waals surface area contributed by atoms with Crippen molar-refractivity contribution in [2.24, 2.45) is 0 Å². The van der Waals surface area contributed by atoms with Gasteiger partial charge in [-0.1, -0.05) is 25.0 Å². The molecule has 126 valence electrons. The first-order valence-electron chi connectivity index (χ1n) is 7.76. The fourth-order valence-corrected chi connectivity index (χ4v) is 3.71. The second-order valence-corrected chi connectivity index (χ2v) is 6.52. The van der Waals surface area contributed by atoms with E-state index < -0.39 is 0 Å². The summed E-state index contributed by atoms with van der Waals surface area (Å²) in [4.78, 5) is 26.2. The van der Waals surface area contributed by atoms with Gasteiger partial charge in [0.15, 0.2) is 0 Å². The number of rotatable bonds is 6. The molecule has 0 aromatic rings. The Morgan fingerprint density at radius 2 is 2.32 bits per heavy atom. The van der Waals surface area contributed by atoms with E-state index in [1.807, 2.05) is 0 Å². The number of nitrogens with one attached hydrogen (secondary N) is 2. The molecule has 0 spiro atoms. The zero-order valence-electron chi connectivity index (χ0n) is 13.1. The Hall–Kier alpha value is -0.720. The van der Waals surface area contributed by atoms with Crippen molar-refractivity contribution in [1.82, 2.24) is 15.5 Å². The lowest BCUT2D eigenvalue weighted by molar-refractivity contribution is -0.138. The van der Waals surface area contributed by atoms with E-state index in [1.165, 1.54) is 5.57 Å². The molecule has 2 aliphatic rings. The van der Waals surface area contributed by atoms with E-state index in [2.05, 4.69) is 23.6 Å². The largest absolute Gasteiger partial charge is 0.351 e. The predicted octanol–water partition coefficient (Wildman–Crippen LogP) is 1.54.